The summed E-state index contributed by atoms with van der Waals surface area (Å²) in [5, 5.41) is 9.15. The number of hydrogen-bond acceptors (Lipinski definition) is 2. The van der Waals surface area contributed by atoms with E-state index in [2.05, 4.69) is 6.07 Å². The van der Waals surface area contributed by atoms with E-state index in [0.29, 0.717) is 11.6 Å². The Morgan fingerprint density at radius 1 is 1.06 bits per heavy atom. The van der Waals surface area contributed by atoms with Crippen molar-refractivity contribution < 1.29 is 4.74 Å². The molecule has 2 nitrogen and oxygen atoms in total. The molecule has 2 aromatic carbocycles. The van der Waals surface area contributed by atoms with Crippen LogP contribution >= 0.6 is 11.6 Å². The van der Waals surface area contributed by atoms with Crippen molar-refractivity contribution in [1.82, 2.24) is 0 Å². The van der Waals surface area contributed by atoms with Crippen molar-refractivity contribution in [3.05, 3.63) is 65.7 Å². The summed E-state index contributed by atoms with van der Waals surface area (Å²) in [5.41, 5.74) is 1.87. The zero-order valence-corrected chi connectivity index (χ0v) is 10.5. The Morgan fingerprint density at radius 3 is 2.28 bits per heavy atom. The summed E-state index contributed by atoms with van der Waals surface area (Å²) in [5.74, 6) is 1.14. The molecule has 0 saturated carbocycles. The number of hydrogen-bond donors (Lipinski definition) is 0. The summed E-state index contributed by atoms with van der Waals surface area (Å²) in [7, 11) is 0. The van der Waals surface area contributed by atoms with Gasteiger partial charge in [0.05, 0.1) is 0 Å². The summed E-state index contributed by atoms with van der Waals surface area (Å²) in [6.45, 7) is 0. The minimum atomic E-state index is -0.590. The van der Waals surface area contributed by atoms with Gasteiger partial charge in [0, 0.05) is 11.4 Å². The zero-order valence-electron chi connectivity index (χ0n) is 9.71. The van der Waals surface area contributed by atoms with Crippen molar-refractivity contribution >= 4 is 11.6 Å². The molecule has 0 N–H and O–H groups in total. The number of rotatable bonds is 4. The minimum Gasteiger partial charge on any atom is -0.471 e. The summed E-state index contributed by atoms with van der Waals surface area (Å²) in [6.07, 6.45) is -0.590. The first-order valence-electron chi connectivity index (χ1n) is 5.59. The maximum atomic E-state index is 9.15. The molecule has 0 aromatic heterocycles. The second-order valence-corrected chi connectivity index (χ2v) is 4.08. The fourth-order valence-electron chi connectivity index (χ4n) is 1.59. The molecule has 90 valence electrons. The smallest absolute Gasteiger partial charge is 0.209 e. The van der Waals surface area contributed by atoms with E-state index in [1.807, 2.05) is 54.6 Å². The lowest BCUT2D eigenvalue weighted by atomic mass is 10.1. The number of halogens is 1. The largest absolute Gasteiger partial charge is 0.471 e. The van der Waals surface area contributed by atoms with Crippen molar-refractivity contribution in [3.8, 4) is 11.8 Å². The van der Waals surface area contributed by atoms with Gasteiger partial charge in [-0.15, -0.1) is 11.6 Å². The molecule has 0 amide bonds. The van der Waals surface area contributed by atoms with Crippen LogP contribution in [0.1, 0.15) is 17.2 Å². The van der Waals surface area contributed by atoms with Crippen LogP contribution in [0.5, 0.6) is 5.75 Å². The van der Waals surface area contributed by atoms with Crippen molar-refractivity contribution in [3.63, 3.8) is 0 Å². The molecule has 0 aliphatic carbocycles. The Hall–Kier alpha value is -1.98. The van der Waals surface area contributed by atoms with Gasteiger partial charge in [0.25, 0.3) is 0 Å². The quantitative estimate of drug-likeness (QED) is 0.774. The van der Waals surface area contributed by atoms with Crippen LogP contribution in [-0.4, -0.2) is 0 Å². The van der Waals surface area contributed by atoms with Gasteiger partial charge < -0.3 is 4.74 Å². The van der Waals surface area contributed by atoms with Gasteiger partial charge in [0.15, 0.2) is 0 Å². The summed E-state index contributed by atoms with van der Waals surface area (Å²) in [4.78, 5) is 0. The van der Waals surface area contributed by atoms with E-state index < -0.39 is 6.10 Å². The first kappa shape index (κ1) is 12.5. The predicted octanol–water partition coefficient (Wildman–Crippen LogP) is 4.07. The average Bonchev–Trinajstić information content (AvgIpc) is 2.46. The molecule has 1 atom stereocenters. The normalized spacial score (nSPS) is 11.6. The van der Waals surface area contributed by atoms with E-state index >= 15 is 0 Å². The second kappa shape index (κ2) is 6.09. The van der Waals surface area contributed by atoms with Crippen molar-refractivity contribution in [2.75, 3.05) is 0 Å². The van der Waals surface area contributed by atoms with Crippen molar-refractivity contribution in [2.24, 2.45) is 0 Å². The van der Waals surface area contributed by atoms with Crippen LogP contribution in [-0.2, 0) is 5.88 Å². The first-order chi connectivity index (χ1) is 8.83. The lowest BCUT2D eigenvalue weighted by Gasteiger charge is -2.12. The van der Waals surface area contributed by atoms with Crippen LogP contribution in [0.2, 0.25) is 0 Å². The highest BCUT2D eigenvalue weighted by Gasteiger charge is 2.11. The van der Waals surface area contributed by atoms with Crippen LogP contribution in [0.4, 0.5) is 0 Å². The number of ether oxygens (including phenoxy) is 1. The van der Waals surface area contributed by atoms with Crippen LogP contribution in [0.25, 0.3) is 0 Å². The molecule has 0 bridgehead atoms. The van der Waals surface area contributed by atoms with E-state index in [9.17, 15) is 0 Å². The van der Waals surface area contributed by atoms with Gasteiger partial charge >= 0.3 is 0 Å². The van der Waals surface area contributed by atoms with Gasteiger partial charge in [0.2, 0.25) is 6.10 Å². The number of nitriles is 1. The summed E-state index contributed by atoms with van der Waals surface area (Å²) >= 11 is 5.72. The van der Waals surface area contributed by atoms with Crippen LogP contribution in [0.3, 0.4) is 0 Å². The van der Waals surface area contributed by atoms with Gasteiger partial charge in [-0.05, 0) is 17.7 Å². The molecule has 1 unspecified atom stereocenters. The molecule has 0 radical (unpaired) electrons. The van der Waals surface area contributed by atoms with Crippen LogP contribution in [0.15, 0.2) is 54.6 Å². The molecule has 2 aromatic rings. The monoisotopic (exact) mass is 257 g/mol. The van der Waals surface area contributed by atoms with Crippen LogP contribution < -0.4 is 4.74 Å². The van der Waals surface area contributed by atoms with Gasteiger partial charge in [-0.2, -0.15) is 5.26 Å². The fraction of sp³-hybridized carbons (Fsp3) is 0.133. The third-order valence-electron chi connectivity index (χ3n) is 2.55. The molecule has 3 heteroatoms. The molecule has 18 heavy (non-hydrogen) atoms. The fourth-order valence-corrected chi connectivity index (χ4v) is 1.77. The highest BCUT2D eigenvalue weighted by Crippen LogP contribution is 2.22. The zero-order chi connectivity index (χ0) is 12.8. The SMILES string of the molecule is N#CC(Oc1ccc(CCl)cc1)c1ccccc1. The predicted molar refractivity (Wildman–Crippen MR) is 71.4 cm³/mol. The van der Waals surface area contributed by atoms with E-state index in [0.717, 1.165) is 11.1 Å². The third-order valence-corrected chi connectivity index (χ3v) is 2.86. The topological polar surface area (TPSA) is 33.0 Å². The minimum absolute atomic E-state index is 0.473. The molecule has 0 aliphatic rings. The van der Waals surface area contributed by atoms with E-state index in [1.165, 1.54) is 0 Å². The van der Waals surface area contributed by atoms with E-state index in [-0.39, 0.29) is 0 Å². The second-order valence-electron chi connectivity index (χ2n) is 3.82. The highest BCUT2D eigenvalue weighted by molar-refractivity contribution is 6.17. The lowest BCUT2D eigenvalue weighted by molar-refractivity contribution is 0.262. The highest BCUT2D eigenvalue weighted by atomic mass is 35.5. The molecular formula is C15H12ClNO. The molecule has 0 heterocycles. The van der Waals surface area contributed by atoms with Gasteiger partial charge in [-0.25, -0.2) is 0 Å². The standard InChI is InChI=1S/C15H12ClNO/c16-10-12-6-8-14(9-7-12)18-15(11-17)13-4-2-1-3-5-13/h1-9,15H,10H2. The Morgan fingerprint density at radius 2 is 1.72 bits per heavy atom. The summed E-state index contributed by atoms with van der Waals surface area (Å²) < 4.78 is 5.64. The summed E-state index contributed by atoms with van der Waals surface area (Å²) in [6, 6.07) is 19.0. The molecule has 2 rings (SSSR count). The molecule has 0 fully saturated rings. The van der Waals surface area contributed by atoms with Gasteiger partial charge in [-0.1, -0.05) is 42.5 Å². The Labute approximate surface area is 111 Å². The van der Waals surface area contributed by atoms with Gasteiger partial charge in [0.1, 0.15) is 11.8 Å². The van der Waals surface area contributed by atoms with Crippen molar-refractivity contribution in [1.29, 1.82) is 5.26 Å². The number of alkyl halides is 1. The Kier molecular flexibility index (Phi) is 4.22. The van der Waals surface area contributed by atoms with E-state index in [4.69, 9.17) is 21.6 Å². The maximum absolute atomic E-state index is 9.15. The molecular weight excluding hydrogens is 246 g/mol. The lowest BCUT2D eigenvalue weighted by Crippen LogP contribution is -2.04. The third kappa shape index (κ3) is 3.03. The molecule has 0 aliphatic heterocycles. The molecule has 0 saturated heterocycles. The van der Waals surface area contributed by atoms with Crippen LogP contribution in [0, 0.1) is 11.3 Å². The van der Waals surface area contributed by atoms with E-state index in [1.54, 1.807) is 0 Å². The van der Waals surface area contributed by atoms with Crippen molar-refractivity contribution in [2.45, 2.75) is 12.0 Å². The maximum Gasteiger partial charge on any atom is 0.209 e. The Bertz CT molecular complexity index is 531. The number of nitrogens with zero attached hydrogens (tertiary/aromatic N) is 1. The average molecular weight is 258 g/mol. The molecule has 0 spiro atoms. The Balaban J connectivity index is 2.13. The first-order valence-corrected chi connectivity index (χ1v) is 6.13. The van der Waals surface area contributed by atoms with Gasteiger partial charge in [-0.3, -0.25) is 0 Å². The number of benzene rings is 2.